The molecule has 0 aliphatic heterocycles. The number of benzene rings is 1. The maximum absolute atomic E-state index is 12.2. The van der Waals surface area contributed by atoms with Crippen LogP contribution in [0.2, 0.25) is 0 Å². The van der Waals surface area contributed by atoms with E-state index in [0.29, 0.717) is 22.1 Å². The number of carbonyl (C=O) groups excluding carboxylic acids is 2. The fraction of sp³-hybridized carbons (Fsp3) is 0.238. The molecule has 0 unspecified atom stereocenters. The molecular formula is C21H20N2O5S. The first kappa shape index (κ1) is 19.1. The summed E-state index contributed by atoms with van der Waals surface area (Å²) in [7, 11) is 1.57. The van der Waals surface area contributed by atoms with Crippen molar-refractivity contribution < 1.29 is 23.5 Å². The van der Waals surface area contributed by atoms with Gasteiger partial charge in [0.05, 0.1) is 12.0 Å². The molecule has 2 aromatic heterocycles. The van der Waals surface area contributed by atoms with Crippen LogP contribution in [0.5, 0.6) is 11.5 Å². The highest BCUT2D eigenvalue weighted by Gasteiger charge is 2.19. The molecule has 1 aromatic carbocycles. The molecule has 2 N–H and O–H groups in total. The van der Waals surface area contributed by atoms with Crippen molar-refractivity contribution in [2.45, 2.75) is 25.9 Å². The summed E-state index contributed by atoms with van der Waals surface area (Å²) in [6.45, 7) is 0.140. The summed E-state index contributed by atoms with van der Waals surface area (Å²) < 4.78 is 16.4. The largest absolute Gasteiger partial charge is 0.493 e. The lowest BCUT2D eigenvalue weighted by molar-refractivity contribution is 0.0830. The molecule has 0 radical (unpaired) electrons. The van der Waals surface area contributed by atoms with Crippen molar-refractivity contribution in [1.82, 2.24) is 10.9 Å². The second-order valence-electron chi connectivity index (χ2n) is 6.53. The molecule has 150 valence electrons. The summed E-state index contributed by atoms with van der Waals surface area (Å²) >= 11 is 1.48. The van der Waals surface area contributed by atoms with Crippen LogP contribution in [0.1, 0.15) is 42.8 Å². The lowest BCUT2D eigenvalue weighted by atomic mass is 10.2. The molecule has 0 spiro atoms. The summed E-state index contributed by atoms with van der Waals surface area (Å²) in [5, 5.41) is 0. The van der Waals surface area contributed by atoms with E-state index in [1.807, 2.05) is 18.2 Å². The van der Waals surface area contributed by atoms with Gasteiger partial charge in [0.1, 0.15) is 12.4 Å². The maximum Gasteiger partial charge on any atom is 0.305 e. The highest BCUT2D eigenvalue weighted by Crippen LogP contribution is 2.30. The van der Waals surface area contributed by atoms with E-state index in [1.165, 1.54) is 27.8 Å². The van der Waals surface area contributed by atoms with Crippen molar-refractivity contribution >= 4 is 23.2 Å². The van der Waals surface area contributed by atoms with Gasteiger partial charge in [-0.15, -0.1) is 11.3 Å². The van der Waals surface area contributed by atoms with Crippen LogP contribution in [-0.4, -0.2) is 18.9 Å². The number of para-hydroxylation sites is 2. The van der Waals surface area contributed by atoms with Gasteiger partial charge in [-0.1, -0.05) is 12.1 Å². The predicted octanol–water partition coefficient (Wildman–Crippen LogP) is 3.49. The number of aryl methyl sites for hydroxylation is 2. The third kappa shape index (κ3) is 4.27. The van der Waals surface area contributed by atoms with Crippen molar-refractivity contribution in [3.8, 4) is 11.5 Å². The fourth-order valence-electron chi connectivity index (χ4n) is 3.14. The van der Waals surface area contributed by atoms with Gasteiger partial charge in [0.15, 0.2) is 17.3 Å². The standard InChI is InChI=1S/C21H20N2O5S/c1-26-15-6-2-3-7-16(15)27-12-14-9-10-17(28-14)20(24)22-23-21(25)19-11-13-5-4-8-18(13)29-19/h2-3,6-7,9-11H,4-5,8,12H2,1H3,(H,22,24)(H,23,25). The molecule has 0 fully saturated rings. The minimum atomic E-state index is -0.536. The molecule has 3 aromatic rings. The molecule has 4 rings (SSSR count). The minimum absolute atomic E-state index is 0.0811. The third-order valence-corrected chi connectivity index (χ3v) is 5.82. The van der Waals surface area contributed by atoms with Gasteiger partial charge in [-0.25, -0.2) is 0 Å². The number of amides is 2. The van der Waals surface area contributed by atoms with Crippen molar-refractivity contribution in [3.05, 3.63) is 69.3 Å². The molecule has 1 aliphatic carbocycles. The Labute approximate surface area is 171 Å². The van der Waals surface area contributed by atoms with E-state index in [0.717, 1.165) is 19.3 Å². The number of rotatable bonds is 6. The highest BCUT2D eigenvalue weighted by atomic mass is 32.1. The second kappa shape index (κ2) is 8.40. The summed E-state index contributed by atoms with van der Waals surface area (Å²) in [6, 6.07) is 12.3. The molecule has 2 heterocycles. The third-order valence-electron chi connectivity index (χ3n) is 4.58. The SMILES string of the molecule is COc1ccccc1OCc1ccc(C(=O)NNC(=O)c2cc3c(s2)CCC3)o1. The molecule has 7 nitrogen and oxygen atoms in total. The quantitative estimate of drug-likeness (QED) is 0.605. The van der Waals surface area contributed by atoms with Crippen LogP contribution in [0.3, 0.4) is 0 Å². The summed E-state index contributed by atoms with van der Waals surface area (Å²) in [4.78, 5) is 26.3. The van der Waals surface area contributed by atoms with Crippen LogP contribution >= 0.6 is 11.3 Å². The normalized spacial score (nSPS) is 12.3. The summed E-state index contributed by atoms with van der Waals surface area (Å²) in [5.41, 5.74) is 6.05. The van der Waals surface area contributed by atoms with Gasteiger partial charge in [0.25, 0.3) is 5.91 Å². The highest BCUT2D eigenvalue weighted by molar-refractivity contribution is 7.14. The average Bonchev–Trinajstić information content (AvgIpc) is 3.46. The zero-order valence-electron chi connectivity index (χ0n) is 15.8. The van der Waals surface area contributed by atoms with Gasteiger partial charge in [-0.05, 0) is 55.2 Å². The number of ether oxygens (including phenoxy) is 2. The first-order chi connectivity index (χ1) is 14.1. The lowest BCUT2D eigenvalue weighted by Crippen LogP contribution is -2.41. The Balaban J connectivity index is 1.30. The lowest BCUT2D eigenvalue weighted by Gasteiger charge is -2.08. The van der Waals surface area contributed by atoms with Crippen LogP contribution in [-0.2, 0) is 19.4 Å². The van der Waals surface area contributed by atoms with E-state index in [9.17, 15) is 9.59 Å². The van der Waals surface area contributed by atoms with E-state index in [1.54, 1.807) is 25.3 Å². The van der Waals surface area contributed by atoms with Gasteiger partial charge in [-0.2, -0.15) is 0 Å². The molecule has 2 amide bonds. The van der Waals surface area contributed by atoms with Crippen LogP contribution < -0.4 is 20.3 Å². The Morgan fingerprint density at radius 3 is 2.66 bits per heavy atom. The van der Waals surface area contributed by atoms with Gasteiger partial charge in [0, 0.05) is 4.88 Å². The fourth-order valence-corrected chi connectivity index (χ4v) is 4.29. The van der Waals surface area contributed by atoms with Gasteiger partial charge in [-0.3, -0.25) is 20.4 Å². The van der Waals surface area contributed by atoms with Crippen molar-refractivity contribution in [3.63, 3.8) is 0 Å². The van der Waals surface area contributed by atoms with E-state index < -0.39 is 5.91 Å². The van der Waals surface area contributed by atoms with Crippen LogP contribution in [0.25, 0.3) is 0 Å². The van der Waals surface area contributed by atoms with Crippen molar-refractivity contribution in [1.29, 1.82) is 0 Å². The summed E-state index contributed by atoms with van der Waals surface area (Å²) in [6.07, 6.45) is 3.17. The smallest absolute Gasteiger partial charge is 0.305 e. The molecule has 0 bridgehead atoms. The Kier molecular flexibility index (Phi) is 5.53. The van der Waals surface area contributed by atoms with Gasteiger partial charge in [0.2, 0.25) is 0 Å². The van der Waals surface area contributed by atoms with Crippen LogP contribution in [0, 0.1) is 0 Å². The number of hydrogen-bond donors (Lipinski definition) is 2. The molecule has 0 atom stereocenters. The zero-order chi connectivity index (χ0) is 20.2. The number of thiophene rings is 1. The van der Waals surface area contributed by atoms with E-state index in [-0.39, 0.29) is 18.3 Å². The van der Waals surface area contributed by atoms with Gasteiger partial charge < -0.3 is 13.9 Å². The van der Waals surface area contributed by atoms with E-state index >= 15 is 0 Å². The topological polar surface area (TPSA) is 89.8 Å². The number of carbonyl (C=O) groups is 2. The van der Waals surface area contributed by atoms with Crippen molar-refractivity contribution in [2.24, 2.45) is 0 Å². The number of nitrogens with one attached hydrogen (secondary N) is 2. The van der Waals surface area contributed by atoms with E-state index in [2.05, 4.69) is 10.9 Å². The minimum Gasteiger partial charge on any atom is -0.493 e. The Hall–Kier alpha value is -3.26. The molecule has 29 heavy (non-hydrogen) atoms. The van der Waals surface area contributed by atoms with Gasteiger partial charge >= 0.3 is 5.91 Å². The Morgan fingerprint density at radius 1 is 1.07 bits per heavy atom. The van der Waals surface area contributed by atoms with Crippen LogP contribution in [0.4, 0.5) is 0 Å². The zero-order valence-corrected chi connectivity index (χ0v) is 16.6. The van der Waals surface area contributed by atoms with Crippen molar-refractivity contribution in [2.75, 3.05) is 7.11 Å². The Bertz CT molecular complexity index is 1020. The first-order valence-corrected chi connectivity index (χ1v) is 10.0. The average molecular weight is 412 g/mol. The molecule has 8 heteroatoms. The Morgan fingerprint density at radius 2 is 1.86 bits per heavy atom. The second-order valence-corrected chi connectivity index (χ2v) is 7.66. The molecule has 1 aliphatic rings. The predicted molar refractivity (Wildman–Crippen MR) is 107 cm³/mol. The number of furan rings is 1. The maximum atomic E-state index is 12.2. The van der Waals surface area contributed by atoms with E-state index in [4.69, 9.17) is 13.9 Å². The number of hydrogen-bond acceptors (Lipinski definition) is 6. The van der Waals surface area contributed by atoms with Crippen LogP contribution in [0.15, 0.2) is 46.9 Å². The first-order valence-electron chi connectivity index (χ1n) is 9.21. The number of methoxy groups -OCH3 is 1. The molecular weight excluding hydrogens is 392 g/mol. The summed E-state index contributed by atoms with van der Waals surface area (Å²) in [5.74, 6) is 0.876. The number of fused-ring (bicyclic) bond motifs is 1. The monoisotopic (exact) mass is 412 g/mol. The molecule has 0 saturated carbocycles. The number of hydrazine groups is 1. The molecule has 0 saturated heterocycles.